The third-order valence-corrected chi connectivity index (χ3v) is 4.39. The molecule has 4 heteroatoms. The molecule has 14 heavy (non-hydrogen) atoms. The maximum Gasteiger partial charge on any atom is 0.200 e. The van der Waals surface area contributed by atoms with E-state index in [4.69, 9.17) is 4.74 Å². The Balaban J connectivity index is 2.78. The van der Waals surface area contributed by atoms with E-state index in [1.807, 2.05) is 0 Å². The van der Waals surface area contributed by atoms with Gasteiger partial charge in [-0.2, -0.15) is 0 Å². The van der Waals surface area contributed by atoms with Crippen molar-refractivity contribution in [2.24, 2.45) is 10.4 Å². The number of nitrogens with zero attached hydrogens (tertiary/aromatic N) is 1. The van der Waals surface area contributed by atoms with Gasteiger partial charge >= 0.3 is 0 Å². The summed E-state index contributed by atoms with van der Waals surface area (Å²) in [6, 6.07) is 0.275. The SMILES string of the molecule is CC(C)(SS)C1=NC(C(C)(C)C)CO1. The molecule has 0 saturated heterocycles. The number of rotatable bonds is 2. The Morgan fingerprint density at radius 1 is 1.36 bits per heavy atom. The summed E-state index contributed by atoms with van der Waals surface area (Å²) < 4.78 is 5.51. The van der Waals surface area contributed by atoms with Crippen LogP contribution in [0.2, 0.25) is 0 Å². The third-order valence-electron chi connectivity index (χ3n) is 2.39. The van der Waals surface area contributed by atoms with Gasteiger partial charge in [0, 0.05) is 0 Å². The van der Waals surface area contributed by atoms with Crippen LogP contribution in [-0.2, 0) is 4.74 Å². The zero-order chi connectivity index (χ0) is 11.0. The maximum absolute atomic E-state index is 5.63. The predicted octanol–water partition coefficient (Wildman–Crippen LogP) is 3.19. The van der Waals surface area contributed by atoms with Crippen LogP contribution in [0, 0.1) is 5.41 Å². The Morgan fingerprint density at radius 2 is 1.93 bits per heavy atom. The first-order chi connectivity index (χ1) is 6.27. The third kappa shape index (κ3) is 2.60. The van der Waals surface area contributed by atoms with Crippen LogP contribution in [0.15, 0.2) is 4.99 Å². The lowest BCUT2D eigenvalue weighted by Crippen LogP contribution is -2.26. The van der Waals surface area contributed by atoms with Crippen LogP contribution in [-0.4, -0.2) is 23.3 Å². The maximum atomic E-state index is 5.63. The van der Waals surface area contributed by atoms with Crippen molar-refractivity contribution in [3.05, 3.63) is 0 Å². The van der Waals surface area contributed by atoms with E-state index in [2.05, 4.69) is 51.3 Å². The summed E-state index contributed by atoms with van der Waals surface area (Å²) in [5.74, 6) is 0.831. The van der Waals surface area contributed by atoms with E-state index in [9.17, 15) is 0 Å². The van der Waals surface area contributed by atoms with Crippen LogP contribution >= 0.6 is 22.5 Å². The van der Waals surface area contributed by atoms with Crippen LogP contribution in [0.25, 0.3) is 0 Å². The Bertz CT molecular complexity index is 243. The zero-order valence-corrected chi connectivity index (χ0v) is 11.2. The molecule has 0 saturated carbocycles. The molecule has 0 N–H and O–H groups in total. The van der Waals surface area contributed by atoms with Crippen molar-refractivity contribution < 1.29 is 4.74 Å². The second-order valence-electron chi connectivity index (χ2n) is 5.23. The van der Waals surface area contributed by atoms with Crippen molar-refractivity contribution in [3.8, 4) is 0 Å². The summed E-state index contributed by atoms with van der Waals surface area (Å²) in [7, 11) is 1.48. The molecule has 0 aromatic carbocycles. The molecule has 0 bridgehead atoms. The van der Waals surface area contributed by atoms with Gasteiger partial charge in [0.05, 0.1) is 10.8 Å². The van der Waals surface area contributed by atoms with Crippen molar-refractivity contribution in [2.75, 3.05) is 6.61 Å². The van der Waals surface area contributed by atoms with E-state index in [-0.39, 0.29) is 16.2 Å². The molecule has 2 nitrogen and oxygen atoms in total. The summed E-state index contributed by atoms with van der Waals surface area (Å²) in [6.45, 7) is 11.4. The first-order valence-electron chi connectivity index (χ1n) is 4.81. The second-order valence-corrected chi connectivity index (χ2v) is 6.98. The Kier molecular flexibility index (Phi) is 3.47. The average molecular weight is 233 g/mol. The van der Waals surface area contributed by atoms with Gasteiger partial charge in [0.1, 0.15) is 6.61 Å². The van der Waals surface area contributed by atoms with Crippen LogP contribution in [0.3, 0.4) is 0 Å². The van der Waals surface area contributed by atoms with Gasteiger partial charge in [-0.25, -0.2) is 4.99 Å². The minimum Gasteiger partial charge on any atom is -0.478 e. The van der Waals surface area contributed by atoms with Crippen LogP contribution in [0.5, 0.6) is 0 Å². The van der Waals surface area contributed by atoms with Crippen molar-refractivity contribution >= 4 is 28.4 Å². The lowest BCUT2D eigenvalue weighted by molar-refractivity contribution is 0.231. The van der Waals surface area contributed by atoms with Crippen molar-refractivity contribution in [2.45, 2.75) is 45.4 Å². The number of aliphatic imine (C=N–C) groups is 1. The standard InChI is InChI=1S/C10H19NOS2/c1-9(2,3)7-6-12-8(11-7)10(4,5)14-13/h7,13H,6H2,1-5H3. The van der Waals surface area contributed by atoms with Gasteiger partial charge < -0.3 is 4.74 Å². The highest BCUT2D eigenvalue weighted by Gasteiger charge is 2.36. The van der Waals surface area contributed by atoms with E-state index in [0.717, 1.165) is 5.90 Å². The van der Waals surface area contributed by atoms with E-state index < -0.39 is 0 Å². The van der Waals surface area contributed by atoms with Gasteiger partial charge in [-0.3, -0.25) is 0 Å². The van der Waals surface area contributed by atoms with Gasteiger partial charge in [-0.05, 0) is 19.3 Å². The average Bonchev–Trinajstić information content (AvgIpc) is 2.51. The second kappa shape index (κ2) is 3.97. The summed E-state index contributed by atoms with van der Waals surface area (Å²) in [6.07, 6.45) is 0. The number of thiol groups is 1. The molecule has 0 radical (unpaired) electrons. The fourth-order valence-corrected chi connectivity index (χ4v) is 1.61. The monoisotopic (exact) mass is 233 g/mol. The Hall–Kier alpha value is 0.170. The Labute approximate surface area is 95.7 Å². The lowest BCUT2D eigenvalue weighted by atomic mass is 9.88. The van der Waals surface area contributed by atoms with Gasteiger partial charge in [0.2, 0.25) is 5.90 Å². The minimum absolute atomic E-state index is 0.122. The van der Waals surface area contributed by atoms with Gasteiger partial charge in [0.15, 0.2) is 0 Å². The molecule has 82 valence electrons. The quantitative estimate of drug-likeness (QED) is 0.584. The molecule has 1 atom stereocenters. The van der Waals surface area contributed by atoms with E-state index in [1.54, 1.807) is 0 Å². The molecule has 1 aliphatic rings. The zero-order valence-electron chi connectivity index (χ0n) is 9.50. The van der Waals surface area contributed by atoms with E-state index >= 15 is 0 Å². The molecule has 0 amide bonds. The van der Waals surface area contributed by atoms with Gasteiger partial charge in [-0.15, -0.1) is 11.7 Å². The minimum atomic E-state index is -0.122. The van der Waals surface area contributed by atoms with Crippen molar-refractivity contribution in [1.82, 2.24) is 0 Å². The highest BCUT2D eigenvalue weighted by molar-refractivity contribution is 8.69. The summed E-state index contributed by atoms with van der Waals surface area (Å²) >= 11 is 4.23. The van der Waals surface area contributed by atoms with Gasteiger partial charge in [-0.1, -0.05) is 31.6 Å². The van der Waals surface area contributed by atoms with Crippen LogP contribution in [0.4, 0.5) is 0 Å². The van der Waals surface area contributed by atoms with Crippen molar-refractivity contribution in [1.29, 1.82) is 0 Å². The van der Waals surface area contributed by atoms with Gasteiger partial charge in [0.25, 0.3) is 0 Å². The molecule has 1 heterocycles. The molecule has 1 aliphatic heterocycles. The summed E-state index contributed by atoms with van der Waals surface area (Å²) in [5, 5.41) is 0. The first kappa shape index (κ1) is 12.2. The lowest BCUT2D eigenvalue weighted by Gasteiger charge is -2.22. The smallest absolute Gasteiger partial charge is 0.200 e. The molecule has 0 fully saturated rings. The topological polar surface area (TPSA) is 21.6 Å². The molecule has 0 aliphatic carbocycles. The highest BCUT2D eigenvalue weighted by Crippen LogP contribution is 2.34. The largest absolute Gasteiger partial charge is 0.478 e. The number of hydrogen-bond acceptors (Lipinski definition) is 4. The number of hydrogen-bond donors (Lipinski definition) is 1. The van der Waals surface area contributed by atoms with Crippen LogP contribution < -0.4 is 0 Å². The molecule has 0 spiro atoms. The molecular formula is C10H19NOS2. The molecule has 1 rings (SSSR count). The molecule has 0 aromatic rings. The molecule has 1 unspecified atom stereocenters. The van der Waals surface area contributed by atoms with E-state index in [0.29, 0.717) is 6.61 Å². The van der Waals surface area contributed by atoms with E-state index in [1.165, 1.54) is 10.8 Å². The first-order valence-corrected chi connectivity index (χ1v) is 6.68. The Morgan fingerprint density at radius 3 is 2.29 bits per heavy atom. The fraction of sp³-hybridized carbons (Fsp3) is 0.900. The molecule has 0 aromatic heterocycles. The molecular weight excluding hydrogens is 214 g/mol. The summed E-state index contributed by atoms with van der Waals surface area (Å²) in [5.41, 5.74) is 0.180. The number of ether oxygens (including phenoxy) is 1. The highest BCUT2D eigenvalue weighted by atomic mass is 33.1. The fourth-order valence-electron chi connectivity index (χ4n) is 1.19. The van der Waals surface area contributed by atoms with Crippen molar-refractivity contribution in [3.63, 3.8) is 0 Å². The van der Waals surface area contributed by atoms with Crippen LogP contribution in [0.1, 0.15) is 34.6 Å². The normalized spacial score (nSPS) is 23.3. The summed E-state index contributed by atoms with van der Waals surface area (Å²) in [4.78, 5) is 4.63. The predicted molar refractivity (Wildman–Crippen MR) is 67.3 cm³/mol.